The molecule has 0 aromatic heterocycles. The fourth-order valence-corrected chi connectivity index (χ4v) is 6.32. The summed E-state index contributed by atoms with van der Waals surface area (Å²) < 4.78 is 5.82. The highest BCUT2D eigenvalue weighted by molar-refractivity contribution is 7.39. The fourth-order valence-electron chi connectivity index (χ4n) is 5.98. The largest absolute Gasteiger partial charge is 0.427 e. The first kappa shape index (κ1) is 34.3. The van der Waals surface area contributed by atoms with Gasteiger partial charge in [-0.15, -0.1) is 0 Å². The zero-order chi connectivity index (χ0) is 30.2. The van der Waals surface area contributed by atoms with Crippen LogP contribution in [0.2, 0.25) is 0 Å². The van der Waals surface area contributed by atoms with Gasteiger partial charge in [0.05, 0.1) is 0 Å². The molecule has 0 heterocycles. The smallest absolute Gasteiger partial charge is 0.391 e. The van der Waals surface area contributed by atoms with Crippen LogP contribution >= 0.6 is 8.60 Å². The van der Waals surface area contributed by atoms with Gasteiger partial charge >= 0.3 is 8.60 Å². The predicted molar refractivity (Wildman–Crippen MR) is 182 cm³/mol. The third kappa shape index (κ3) is 10.5. The van der Waals surface area contributed by atoms with Crippen molar-refractivity contribution < 1.29 is 14.3 Å². The first-order chi connectivity index (χ1) is 20.5. The standard InChI is InChI=1S/C38H55O3P/c1-5-9-13-17-30-21-25-32(26-22-30)36-29-37(41-42(39)40)34(19-15-11-7-3)35(20-16-12-8-4)38(36)33-27-23-31(24-28-33)18-14-10-6-2/h21-29,39-40H,5-20H2,1-4H3. The molecule has 0 fully saturated rings. The minimum atomic E-state index is -2.51. The molecule has 0 atom stereocenters. The van der Waals surface area contributed by atoms with Gasteiger partial charge in [0, 0.05) is 0 Å². The van der Waals surface area contributed by atoms with Gasteiger partial charge in [0.15, 0.2) is 0 Å². The molecular formula is C38H55O3P. The van der Waals surface area contributed by atoms with Crippen LogP contribution in [-0.4, -0.2) is 9.79 Å². The van der Waals surface area contributed by atoms with Crippen LogP contribution in [0.4, 0.5) is 0 Å². The number of rotatable bonds is 20. The maximum absolute atomic E-state index is 10.0. The highest BCUT2D eigenvalue weighted by Gasteiger charge is 2.22. The van der Waals surface area contributed by atoms with Gasteiger partial charge in [-0.2, -0.15) is 0 Å². The molecule has 0 unspecified atom stereocenters. The Morgan fingerprint density at radius 3 is 1.40 bits per heavy atom. The summed E-state index contributed by atoms with van der Waals surface area (Å²) in [6.07, 6.45) is 18.3. The maximum atomic E-state index is 10.0. The average Bonchev–Trinajstić information content (AvgIpc) is 2.99. The van der Waals surface area contributed by atoms with E-state index in [1.165, 1.54) is 72.8 Å². The van der Waals surface area contributed by atoms with Crippen molar-refractivity contribution in [3.8, 4) is 28.0 Å². The monoisotopic (exact) mass is 590 g/mol. The molecule has 0 saturated carbocycles. The second-order valence-electron chi connectivity index (χ2n) is 11.8. The molecule has 0 aliphatic rings. The van der Waals surface area contributed by atoms with Gasteiger partial charge in [-0.05, 0) is 102 Å². The predicted octanol–water partition coefficient (Wildman–Crippen LogP) is 11.5. The molecule has 0 amide bonds. The Balaban J connectivity index is 2.20. The highest BCUT2D eigenvalue weighted by atomic mass is 31.2. The first-order valence-corrected chi connectivity index (χ1v) is 17.9. The molecule has 3 nitrogen and oxygen atoms in total. The van der Waals surface area contributed by atoms with E-state index in [1.807, 2.05) is 0 Å². The van der Waals surface area contributed by atoms with Crippen LogP contribution < -0.4 is 4.52 Å². The van der Waals surface area contributed by atoms with Crippen LogP contribution in [0.1, 0.15) is 127 Å². The summed E-state index contributed by atoms with van der Waals surface area (Å²) in [7, 11) is -2.51. The van der Waals surface area contributed by atoms with E-state index in [1.54, 1.807) is 0 Å². The maximum Gasteiger partial charge on any atom is 0.391 e. The van der Waals surface area contributed by atoms with Crippen molar-refractivity contribution in [2.75, 3.05) is 0 Å². The summed E-state index contributed by atoms with van der Waals surface area (Å²) >= 11 is 0. The Bertz CT molecular complexity index is 1170. The summed E-state index contributed by atoms with van der Waals surface area (Å²) in [5.41, 5.74) is 10.0. The second kappa shape index (κ2) is 19.2. The highest BCUT2D eigenvalue weighted by Crippen LogP contribution is 2.45. The zero-order valence-electron chi connectivity index (χ0n) is 26.8. The van der Waals surface area contributed by atoms with Crippen LogP contribution in [-0.2, 0) is 25.7 Å². The van der Waals surface area contributed by atoms with Crippen molar-refractivity contribution in [1.29, 1.82) is 0 Å². The van der Waals surface area contributed by atoms with Crippen molar-refractivity contribution in [1.82, 2.24) is 0 Å². The third-order valence-corrected chi connectivity index (χ3v) is 8.75. The second-order valence-corrected chi connectivity index (χ2v) is 12.5. The van der Waals surface area contributed by atoms with Gasteiger partial charge in [-0.1, -0.05) is 128 Å². The minimum Gasteiger partial charge on any atom is -0.427 e. The summed E-state index contributed by atoms with van der Waals surface area (Å²) in [6.45, 7) is 8.97. The average molecular weight is 591 g/mol. The van der Waals surface area contributed by atoms with E-state index < -0.39 is 8.60 Å². The molecule has 0 aliphatic carbocycles. The van der Waals surface area contributed by atoms with Gasteiger partial charge < -0.3 is 14.3 Å². The molecule has 3 aromatic rings. The van der Waals surface area contributed by atoms with Gasteiger partial charge in [-0.25, -0.2) is 0 Å². The third-order valence-electron chi connectivity index (χ3n) is 8.39. The van der Waals surface area contributed by atoms with Crippen LogP contribution in [0, 0.1) is 0 Å². The number of aryl methyl sites for hydroxylation is 2. The number of unbranched alkanes of at least 4 members (excludes halogenated alkanes) is 8. The molecule has 3 rings (SSSR count). The van der Waals surface area contributed by atoms with E-state index >= 15 is 0 Å². The number of hydrogen-bond donors (Lipinski definition) is 2. The van der Waals surface area contributed by atoms with E-state index in [4.69, 9.17) is 4.52 Å². The number of benzene rings is 3. The molecule has 0 aliphatic heterocycles. The molecule has 2 N–H and O–H groups in total. The number of hydrogen-bond acceptors (Lipinski definition) is 3. The topological polar surface area (TPSA) is 49.7 Å². The van der Waals surface area contributed by atoms with Crippen molar-refractivity contribution in [2.45, 2.75) is 130 Å². The normalized spacial score (nSPS) is 11.4. The minimum absolute atomic E-state index is 0.635. The van der Waals surface area contributed by atoms with E-state index in [0.29, 0.717) is 5.75 Å². The zero-order valence-corrected chi connectivity index (χ0v) is 27.7. The molecule has 0 saturated heterocycles. The van der Waals surface area contributed by atoms with Crippen molar-refractivity contribution in [3.63, 3.8) is 0 Å². The van der Waals surface area contributed by atoms with E-state index in [0.717, 1.165) is 74.5 Å². The fraction of sp³-hybridized carbons (Fsp3) is 0.526. The Morgan fingerprint density at radius 1 is 0.524 bits per heavy atom. The van der Waals surface area contributed by atoms with E-state index in [9.17, 15) is 9.79 Å². The van der Waals surface area contributed by atoms with Gasteiger partial charge in [0.1, 0.15) is 5.75 Å². The molecule has 230 valence electrons. The summed E-state index contributed by atoms with van der Waals surface area (Å²) in [4.78, 5) is 20.0. The van der Waals surface area contributed by atoms with Crippen LogP contribution in [0.25, 0.3) is 22.3 Å². The summed E-state index contributed by atoms with van der Waals surface area (Å²) in [5.74, 6) is 0.635. The van der Waals surface area contributed by atoms with Crippen LogP contribution in [0.15, 0.2) is 54.6 Å². The molecule has 0 spiro atoms. The van der Waals surface area contributed by atoms with Crippen molar-refractivity contribution in [3.05, 3.63) is 76.9 Å². The van der Waals surface area contributed by atoms with Crippen molar-refractivity contribution >= 4 is 8.60 Å². The Kier molecular flexibility index (Phi) is 15.6. The summed E-state index contributed by atoms with van der Waals surface area (Å²) in [5, 5.41) is 0. The van der Waals surface area contributed by atoms with Crippen LogP contribution in [0.5, 0.6) is 5.75 Å². The van der Waals surface area contributed by atoms with E-state index in [-0.39, 0.29) is 0 Å². The Morgan fingerprint density at radius 2 is 0.952 bits per heavy atom. The molecular weight excluding hydrogens is 535 g/mol. The Hall–Kier alpha value is -2.19. The molecule has 0 bridgehead atoms. The molecule has 0 radical (unpaired) electrons. The summed E-state index contributed by atoms with van der Waals surface area (Å²) in [6, 6.07) is 20.3. The lowest BCUT2D eigenvalue weighted by atomic mass is 9.83. The molecule has 42 heavy (non-hydrogen) atoms. The van der Waals surface area contributed by atoms with Gasteiger partial charge in [0.2, 0.25) is 0 Å². The Labute approximate surface area is 257 Å². The lowest BCUT2D eigenvalue weighted by molar-refractivity contribution is 0.373. The van der Waals surface area contributed by atoms with Gasteiger partial charge in [0.25, 0.3) is 0 Å². The van der Waals surface area contributed by atoms with Crippen molar-refractivity contribution in [2.24, 2.45) is 0 Å². The molecule has 4 heteroatoms. The lowest BCUT2D eigenvalue weighted by Crippen LogP contribution is -2.05. The first-order valence-electron chi connectivity index (χ1n) is 16.7. The molecule has 3 aromatic carbocycles. The van der Waals surface area contributed by atoms with Crippen LogP contribution in [0.3, 0.4) is 0 Å². The quantitative estimate of drug-likeness (QED) is 0.102. The lowest BCUT2D eigenvalue weighted by Gasteiger charge is -2.24. The van der Waals surface area contributed by atoms with Gasteiger partial charge in [-0.3, -0.25) is 0 Å². The SMILES string of the molecule is CCCCCc1ccc(-c2cc(OP(O)O)c(CCCCC)c(CCCCC)c2-c2ccc(CCCCC)cc2)cc1. The van der Waals surface area contributed by atoms with E-state index in [2.05, 4.69) is 82.3 Å².